The molecular formula is C18H40O4S. The van der Waals surface area contributed by atoms with Crippen molar-refractivity contribution >= 4 is 16.1 Å². The fourth-order valence-corrected chi connectivity index (χ4v) is 2.58. The molecule has 0 radical (unpaired) electrons. The average molecular weight is 353 g/mol. The topological polar surface area (TPSA) is 77.8 Å². The number of rotatable bonds is 4. The molecule has 0 amide bonds. The lowest BCUT2D eigenvalue weighted by Crippen LogP contribution is -2.24. The maximum atomic E-state index is 10.5. The van der Waals surface area contributed by atoms with E-state index in [0.29, 0.717) is 5.78 Å². The molecule has 1 unspecified atom stereocenters. The van der Waals surface area contributed by atoms with Gasteiger partial charge < -0.3 is 14.8 Å². The molecule has 1 aliphatic rings. The van der Waals surface area contributed by atoms with Gasteiger partial charge in [0.25, 0.3) is 0 Å². The highest BCUT2D eigenvalue weighted by Crippen LogP contribution is 2.51. The summed E-state index contributed by atoms with van der Waals surface area (Å²) in [5, 5.41) is 16.2. The Hall–Kier alpha value is -0.100. The van der Waals surface area contributed by atoms with Crippen LogP contribution in [0.4, 0.5) is 0 Å². The number of carbonyl (C=O) groups is 1. The number of carbonyl (C=O) groups excluding carboxylic acids is 1. The quantitative estimate of drug-likeness (QED) is 0.647. The van der Waals surface area contributed by atoms with E-state index in [1.54, 1.807) is 0 Å². The fraction of sp³-hybridized carbons (Fsp3) is 0.944. The van der Waals surface area contributed by atoms with E-state index in [-0.39, 0.29) is 4.75 Å². The molecule has 1 saturated carbocycles. The standard InChI is InChI=1S/C8H14O.C7H18OS.C3H8O2/c1-2-3-4-7-5-8(9)6-7;1-6-9(5,8)7(2,3)4;1-3(2,4)5/h7H,2-6H2,1H3;8H,6H2,1-5H3;4-5H,1-2H3. The molecule has 1 aliphatic carbocycles. The number of Topliss-reactive ketones (excluding diaryl/α,β-unsaturated/α-hetero) is 1. The van der Waals surface area contributed by atoms with E-state index < -0.39 is 16.1 Å². The monoisotopic (exact) mass is 352 g/mol. The van der Waals surface area contributed by atoms with Gasteiger partial charge in [-0.05, 0) is 38.2 Å². The first kappa shape index (κ1) is 25.1. The third kappa shape index (κ3) is 15.2. The van der Waals surface area contributed by atoms with Crippen LogP contribution in [0.15, 0.2) is 0 Å². The van der Waals surface area contributed by atoms with Crippen LogP contribution in [-0.4, -0.2) is 43.1 Å². The van der Waals surface area contributed by atoms with Crippen molar-refractivity contribution in [2.45, 2.75) is 91.1 Å². The average Bonchev–Trinajstić information content (AvgIpc) is 2.30. The van der Waals surface area contributed by atoms with E-state index in [1.807, 2.05) is 13.2 Å². The van der Waals surface area contributed by atoms with Gasteiger partial charge >= 0.3 is 0 Å². The van der Waals surface area contributed by atoms with Gasteiger partial charge in [-0.3, -0.25) is 4.79 Å². The van der Waals surface area contributed by atoms with E-state index in [0.717, 1.165) is 24.5 Å². The third-order valence-corrected chi connectivity index (χ3v) is 7.64. The molecule has 142 valence electrons. The minimum absolute atomic E-state index is 0.0851. The number of ketones is 1. The number of hydrogen-bond donors (Lipinski definition) is 3. The molecule has 5 heteroatoms. The third-order valence-electron chi connectivity index (χ3n) is 3.88. The lowest BCUT2D eigenvalue weighted by molar-refractivity contribution is -0.128. The lowest BCUT2D eigenvalue weighted by atomic mass is 9.81. The summed E-state index contributed by atoms with van der Waals surface area (Å²) in [4.78, 5) is 10.5. The molecule has 0 saturated heterocycles. The van der Waals surface area contributed by atoms with Gasteiger partial charge in [0.05, 0.1) is 0 Å². The highest BCUT2D eigenvalue weighted by Gasteiger charge is 2.27. The molecular weight excluding hydrogens is 312 g/mol. The molecule has 1 rings (SSSR count). The van der Waals surface area contributed by atoms with Crippen molar-refractivity contribution < 1.29 is 19.6 Å². The van der Waals surface area contributed by atoms with Gasteiger partial charge in [0, 0.05) is 17.6 Å². The maximum Gasteiger partial charge on any atom is 0.156 e. The van der Waals surface area contributed by atoms with Gasteiger partial charge in [-0.15, -0.1) is 10.3 Å². The van der Waals surface area contributed by atoms with E-state index in [1.165, 1.54) is 33.1 Å². The van der Waals surface area contributed by atoms with Crippen molar-refractivity contribution in [3.63, 3.8) is 0 Å². The van der Waals surface area contributed by atoms with Gasteiger partial charge in [0.2, 0.25) is 0 Å². The van der Waals surface area contributed by atoms with Crippen LogP contribution >= 0.6 is 10.3 Å². The summed E-state index contributed by atoms with van der Waals surface area (Å²) >= 11 is 0. The van der Waals surface area contributed by atoms with Crippen LogP contribution in [0.1, 0.15) is 80.6 Å². The van der Waals surface area contributed by atoms with Crippen molar-refractivity contribution in [3.05, 3.63) is 0 Å². The second-order valence-electron chi connectivity index (χ2n) is 7.89. The Morgan fingerprint density at radius 3 is 1.65 bits per heavy atom. The summed E-state index contributed by atoms with van der Waals surface area (Å²) in [6, 6.07) is 0. The molecule has 0 aromatic heterocycles. The van der Waals surface area contributed by atoms with Crippen LogP contribution in [0, 0.1) is 5.92 Å². The zero-order valence-corrected chi connectivity index (χ0v) is 17.3. The molecule has 0 heterocycles. The van der Waals surface area contributed by atoms with Crippen molar-refractivity contribution in [2.75, 3.05) is 12.0 Å². The van der Waals surface area contributed by atoms with Crippen LogP contribution < -0.4 is 0 Å². The fourth-order valence-electron chi connectivity index (χ4n) is 1.71. The number of aliphatic hydroxyl groups is 2. The molecule has 0 aromatic carbocycles. The summed E-state index contributed by atoms with van der Waals surface area (Å²) in [6.45, 7) is 13.1. The molecule has 0 aliphatic heterocycles. The van der Waals surface area contributed by atoms with E-state index in [4.69, 9.17) is 10.2 Å². The summed E-state index contributed by atoms with van der Waals surface area (Å²) in [6.07, 6.45) is 7.57. The molecule has 0 spiro atoms. The molecule has 23 heavy (non-hydrogen) atoms. The minimum Gasteiger partial charge on any atom is -0.366 e. The highest BCUT2D eigenvalue weighted by atomic mass is 32.3. The van der Waals surface area contributed by atoms with Gasteiger partial charge in [0.15, 0.2) is 5.79 Å². The Morgan fingerprint density at radius 1 is 1.09 bits per heavy atom. The van der Waals surface area contributed by atoms with Gasteiger partial charge in [-0.2, -0.15) is 0 Å². The van der Waals surface area contributed by atoms with Crippen molar-refractivity contribution in [2.24, 2.45) is 5.92 Å². The molecule has 3 N–H and O–H groups in total. The first-order chi connectivity index (χ1) is 10.1. The van der Waals surface area contributed by atoms with Crippen LogP contribution in [0.3, 0.4) is 0 Å². The van der Waals surface area contributed by atoms with Crippen molar-refractivity contribution in [3.8, 4) is 0 Å². The number of unbranched alkanes of at least 4 members (excludes halogenated alkanes) is 1. The van der Waals surface area contributed by atoms with Crippen LogP contribution in [-0.2, 0) is 4.79 Å². The zero-order valence-electron chi connectivity index (χ0n) is 16.5. The highest BCUT2D eigenvalue weighted by molar-refractivity contribution is 8.29. The second kappa shape index (κ2) is 10.7. The predicted molar refractivity (Wildman–Crippen MR) is 102 cm³/mol. The number of hydrogen-bond acceptors (Lipinski definition) is 4. The molecule has 1 atom stereocenters. The SMILES string of the molecule is CC(C)(O)O.CCCCC1CC(=O)C1.CCS(C)(O)C(C)(C)C. The summed E-state index contributed by atoms with van der Waals surface area (Å²) in [5.41, 5.74) is 0. The van der Waals surface area contributed by atoms with E-state index in [2.05, 4.69) is 27.7 Å². The van der Waals surface area contributed by atoms with E-state index >= 15 is 0 Å². The molecule has 4 nitrogen and oxygen atoms in total. The Balaban J connectivity index is 0. The van der Waals surface area contributed by atoms with Crippen LogP contribution in [0.25, 0.3) is 0 Å². The maximum absolute atomic E-state index is 10.5. The lowest BCUT2D eigenvalue weighted by Gasteiger charge is -2.41. The predicted octanol–water partition coefficient (Wildman–Crippen LogP) is 4.58. The van der Waals surface area contributed by atoms with Crippen molar-refractivity contribution in [1.82, 2.24) is 0 Å². The summed E-state index contributed by atoms with van der Waals surface area (Å²) < 4.78 is 9.83. The second-order valence-corrected chi connectivity index (χ2v) is 11.8. The Bertz CT molecular complexity index is 313. The Kier molecular flexibility index (Phi) is 11.7. The normalized spacial score (nSPS) is 19.3. The Labute approximate surface area is 145 Å². The zero-order chi connectivity index (χ0) is 18.9. The molecule has 1 fully saturated rings. The Morgan fingerprint density at radius 2 is 1.48 bits per heavy atom. The summed E-state index contributed by atoms with van der Waals surface area (Å²) in [7, 11) is -1.34. The molecule has 0 bridgehead atoms. The van der Waals surface area contributed by atoms with Gasteiger partial charge in [0.1, 0.15) is 5.78 Å². The van der Waals surface area contributed by atoms with Crippen LogP contribution in [0.2, 0.25) is 0 Å². The first-order valence-electron chi connectivity index (χ1n) is 8.58. The van der Waals surface area contributed by atoms with Crippen LogP contribution in [0.5, 0.6) is 0 Å². The van der Waals surface area contributed by atoms with E-state index in [9.17, 15) is 9.35 Å². The first-order valence-corrected chi connectivity index (χ1v) is 10.7. The summed E-state index contributed by atoms with van der Waals surface area (Å²) in [5.74, 6) is 0.629. The largest absolute Gasteiger partial charge is 0.366 e. The van der Waals surface area contributed by atoms with Crippen molar-refractivity contribution in [1.29, 1.82) is 0 Å². The molecule has 0 aromatic rings. The minimum atomic E-state index is -1.50. The van der Waals surface area contributed by atoms with Gasteiger partial charge in [-0.25, -0.2) is 0 Å². The van der Waals surface area contributed by atoms with Gasteiger partial charge in [-0.1, -0.05) is 47.5 Å². The smallest absolute Gasteiger partial charge is 0.156 e.